The number of rotatable bonds is 12. The molecule has 3 aromatic carbocycles. The van der Waals surface area contributed by atoms with E-state index in [-0.39, 0.29) is 35.9 Å². The van der Waals surface area contributed by atoms with Gasteiger partial charge in [-0.05, 0) is 98.9 Å². The molecule has 0 aromatic heterocycles. The van der Waals surface area contributed by atoms with E-state index in [0.717, 1.165) is 66.5 Å². The summed E-state index contributed by atoms with van der Waals surface area (Å²) in [5.74, 6) is 0.422. The number of azo groups is 1. The van der Waals surface area contributed by atoms with E-state index in [1.807, 2.05) is 72.8 Å². The normalized spacial score (nSPS) is 20.1. The Morgan fingerprint density at radius 1 is 0.812 bits per heavy atom. The monoisotopic (exact) mass is 648 g/mol. The minimum Gasteiger partial charge on any atom is -0.381 e. The van der Waals surface area contributed by atoms with Gasteiger partial charge in [0.1, 0.15) is 5.78 Å². The summed E-state index contributed by atoms with van der Waals surface area (Å²) < 4.78 is 5.42. The SMILES string of the molecule is NCC1CCC(C(=O)C[C@@H](Cc2ccc(-c3ccccc3NC(=O)C3CCOCC3)cc2)C(=O)Nc2ccc(C3=NCN=N3)cc2)CC1. The standard InChI is InChI=1S/C38H44N6O4/c39-23-26-7-11-28(12-8-26)35(45)22-31(38(47)42-32-15-13-29(14-16-32)36-40-24-41-44-36)21-25-5-9-27(10-6-25)33-3-1-2-4-34(33)43-37(46)30-17-19-48-20-18-30/h1-6,9-10,13-16,26,28,30-31H,7-8,11-12,17-24,39H2,(H,42,47)(H,43,46)/t26?,28?,31-/m1/s1. The van der Waals surface area contributed by atoms with Crippen molar-refractivity contribution < 1.29 is 19.1 Å². The van der Waals surface area contributed by atoms with E-state index in [9.17, 15) is 14.4 Å². The van der Waals surface area contributed by atoms with Gasteiger partial charge in [0.15, 0.2) is 12.5 Å². The van der Waals surface area contributed by atoms with E-state index in [1.54, 1.807) is 0 Å². The number of nitrogens with two attached hydrogens (primary N) is 1. The van der Waals surface area contributed by atoms with Crippen LogP contribution in [-0.2, 0) is 25.5 Å². The molecular formula is C38H44N6O4. The van der Waals surface area contributed by atoms with Crippen molar-refractivity contribution in [3.63, 3.8) is 0 Å². The van der Waals surface area contributed by atoms with Crippen LogP contribution in [0.5, 0.6) is 0 Å². The van der Waals surface area contributed by atoms with Gasteiger partial charge in [-0.1, -0.05) is 42.5 Å². The van der Waals surface area contributed by atoms with Gasteiger partial charge in [0.2, 0.25) is 11.8 Å². The van der Waals surface area contributed by atoms with E-state index in [4.69, 9.17) is 10.5 Å². The molecule has 6 rings (SSSR count). The van der Waals surface area contributed by atoms with E-state index in [2.05, 4.69) is 25.9 Å². The topological polar surface area (TPSA) is 148 Å². The molecule has 2 amide bonds. The molecule has 10 heteroatoms. The number of nitrogens with one attached hydrogen (secondary N) is 2. The smallest absolute Gasteiger partial charge is 0.228 e. The van der Waals surface area contributed by atoms with Gasteiger partial charge < -0.3 is 21.1 Å². The Labute approximate surface area is 281 Å². The number of hydrogen-bond acceptors (Lipinski definition) is 8. The number of hydrogen-bond donors (Lipinski definition) is 3. The number of ketones is 1. The van der Waals surface area contributed by atoms with Gasteiger partial charge in [0, 0.05) is 59.9 Å². The molecule has 3 aliphatic rings. The molecule has 250 valence electrons. The van der Waals surface area contributed by atoms with Crippen LogP contribution in [0.1, 0.15) is 56.1 Å². The summed E-state index contributed by atoms with van der Waals surface area (Å²) in [5.41, 5.74) is 11.0. The van der Waals surface area contributed by atoms with Crippen molar-refractivity contribution in [1.82, 2.24) is 0 Å². The second-order valence-electron chi connectivity index (χ2n) is 13.1. The first kappa shape index (κ1) is 33.4. The molecule has 1 atom stereocenters. The fraction of sp³-hybridized carbons (Fsp3) is 0.421. The van der Waals surface area contributed by atoms with Crippen LogP contribution >= 0.6 is 0 Å². The number of carbonyl (C=O) groups excluding carboxylic acids is 3. The van der Waals surface area contributed by atoms with Gasteiger partial charge in [0.25, 0.3) is 0 Å². The Hall–Kier alpha value is -4.54. The quantitative estimate of drug-likeness (QED) is 0.208. The maximum Gasteiger partial charge on any atom is 0.228 e. The summed E-state index contributed by atoms with van der Waals surface area (Å²) in [6, 6.07) is 23.2. The van der Waals surface area contributed by atoms with E-state index in [1.165, 1.54) is 0 Å². The summed E-state index contributed by atoms with van der Waals surface area (Å²) in [6.45, 7) is 2.20. The van der Waals surface area contributed by atoms with Crippen molar-refractivity contribution in [2.45, 2.75) is 51.4 Å². The zero-order chi connectivity index (χ0) is 33.3. The number of Topliss-reactive ketones (excluding diaryl/α,β-unsaturated/α-hetero) is 1. The lowest BCUT2D eigenvalue weighted by Gasteiger charge is -2.27. The lowest BCUT2D eigenvalue weighted by atomic mass is 9.77. The van der Waals surface area contributed by atoms with Crippen LogP contribution in [0.3, 0.4) is 0 Å². The van der Waals surface area contributed by atoms with Crippen molar-refractivity contribution in [1.29, 1.82) is 0 Å². The van der Waals surface area contributed by atoms with Gasteiger partial charge in [-0.3, -0.25) is 14.4 Å². The third-order valence-corrected chi connectivity index (χ3v) is 9.84. The third kappa shape index (κ3) is 8.48. The number of amidine groups is 1. The number of nitrogens with zero attached hydrogens (tertiary/aromatic N) is 3. The Bertz CT molecular complexity index is 1640. The van der Waals surface area contributed by atoms with Gasteiger partial charge in [-0.15, -0.1) is 5.11 Å². The molecule has 2 aliphatic heterocycles. The first-order valence-electron chi connectivity index (χ1n) is 17.1. The van der Waals surface area contributed by atoms with Gasteiger partial charge >= 0.3 is 0 Å². The fourth-order valence-electron chi connectivity index (χ4n) is 6.86. The molecule has 0 unspecified atom stereocenters. The molecule has 1 saturated heterocycles. The highest BCUT2D eigenvalue weighted by Crippen LogP contribution is 2.32. The number of para-hydroxylation sites is 1. The first-order valence-corrected chi connectivity index (χ1v) is 17.1. The van der Waals surface area contributed by atoms with Crippen molar-refractivity contribution >= 4 is 34.8 Å². The number of amides is 2. The summed E-state index contributed by atoms with van der Waals surface area (Å²) in [7, 11) is 0. The zero-order valence-electron chi connectivity index (χ0n) is 27.3. The summed E-state index contributed by atoms with van der Waals surface area (Å²) in [5, 5.41) is 14.1. The molecule has 48 heavy (non-hydrogen) atoms. The molecule has 2 heterocycles. The Morgan fingerprint density at radius 3 is 2.21 bits per heavy atom. The second kappa shape index (κ2) is 16.0. The second-order valence-corrected chi connectivity index (χ2v) is 13.1. The number of aliphatic imine (C=N–C) groups is 1. The maximum atomic E-state index is 13.8. The number of anilines is 2. The predicted octanol–water partition coefficient (Wildman–Crippen LogP) is 6.41. The molecule has 0 spiro atoms. The molecule has 10 nitrogen and oxygen atoms in total. The van der Waals surface area contributed by atoms with Crippen LogP contribution in [0, 0.1) is 23.7 Å². The minimum atomic E-state index is -0.533. The molecule has 2 fully saturated rings. The molecule has 1 saturated carbocycles. The van der Waals surface area contributed by atoms with Crippen LogP contribution < -0.4 is 16.4 Å². The van der Waals surface area contributed by atoms with Crippen molar-refractivity contribution in [3.05, 3.63) is 83.9 Å². The van der Waals surface area contributed by atoms with Crippen LogP contribution in [0.2, 0.25) is 0 Å². The van der Waals surface area contributed by atoms with Crippen LogP contribution in [-0.4, -0.2) is 49.9 Å². The maximum absolute atomic E-state index is 13.8. The summed E-state index contributed by atoms with van der Waals surface area (Å²) in [6.07, 6.45) is 5.63. The Kier molecular flexibility index (Phi) is 11.1. The van der Waals surface area contributed by atoms with Gasteiger partial charge in [-0.25, -0.2) is 4.99 Å². The largest absolute Gasteiger partial charge is 0.381 e. The van der Waals surface area contributed by atoms with E-state index >= 15 is 0 Å². The first-order chi connectivity index (χ1) is 23.5. The van der Waals surface area contributed by atoms with Crippen LogP contribution in [0.25, 0.3) is 11.1 Å². The molecule has 4 N–H and O–H groups in total. The average molecular weight is 649 g/mol. The van der Waals surface area contributed by atoms with Gasteiger partial charge in [0.05, 0.1) is 0 Å². The summed E-state index contributed by atoms with van der Waals surface area (Å²) in [4.78, 5) is 44.5. The van der Waals surface area contributed by atoms with E-state index in [0.29, 0.717) is 50.3 Å². The van der Waals surface area contributed by atoms with Gasteiger partial charge in [-0.2, -0.15) is 5.11 Å². The highest BCUT2D eigenvalue weighted by molar-refractivity contribution is 6.01. The predicted molar refractivity (Wildman–Crippen MR) is 187 cm³/mol. The Morgan fingerprint density at radius 2 is 1.52 bits per heavy atom. The lowest BCUT2D eigenvalue weighted by molar-refractivity contribution is -0.129. The summed E-state index contributed by atoms with van der Waals surface area (Å²) >= 11 is 0. The average Bonchev–Trinajstić information content (AvgIpc) is 3.68. The number of ether oxygens (including phenoxy) is 1. The molecule has 1 aliphatic carbocycles. The highest BCUT2D eigenvalue weighted by Gasteiger charge is 2.30. The lowest BCUT2D eigenvalue weighted by Crippen LogP contribution is -2.31. The Balaban J connectivity index is 1.16. The van der Waals surface area contributed by atoms with E-state index < -0.39 is 5.92 Å². The number of benzene rings is 3. The zero-order valence-corrected chi connectivity index (χ0v) is 27.3. The molecule has 0 bridgehead atoms. The van der Waals surface area contributed by atoms with Crippen molar-refractivity contribution in [3.8, 4) is 11.1 Å². The third-order valence-electron chi connectivity index (χ3n) is 9.84. The van der Waals surface area contributed by atoms with Crippen molar-refractivity contribution in [2.75, 3.05) is 37.1 Å². The molecule has 0 radical (unpaired) electrons. The highest BCUT2D eigenvalue weighted by atomic mass is 16.5. The minimum absolute atomic E-state index is 0.0184. The van der Waals surface area contributed by atoms with Crippen molar-refractivity contribution in [2.24, 2.45) is 44.6 Å². The van der Waals surface area contributed by atoms with Crippen LogP contribution in [0.15, 0.2) is 88.0 Å². The number of carbonyl (C=O) groups is 3. The fourth-order valence-corrected chi connectivity index (χ4v) is 6.86. The molecular weight excluding hydrogens is 604 g/mol. The van der Waals surface area contributed by atoms with Crippen LogP contribution in [0.4, 0.5) is 11.4 Å². The molecule has 3 aromatic rings.